The average molecular weight is 224 g/mol. The van der Waals surface area contributed by atoms with E-state index in [9.17, 15) is 9.50 Å². The van der Waals surface area contributed by atoms with Crippen molar-refractivity contribution in [2.75, 3.05) is 0 Å². The van der Waals surface area contributed by atoms with Crippen LogP contribution in [0.2, 0.25) is 0 Å². The topological polar surface area (TPSA) is 20.2 Å². The molecule has 0 saturated heterocycles. The summed E-state index contributed by atoms with van der Waals surface area (Å²) < 4.78 is 13.0. The summed E-state index contributed by atoms with van der Waals surface area (Å²) in [6.07, 6.45) is 2.55. The van der Waals surface area contributed by atoms with E-state index >= 15 is 0 Å². The summed E-state index contributed by atoms with van der Waals surface area (Å²) in [7, 11) is 0. The Bertz CT molecular complexity index is 333. The van der Waals surface area contributed by atoms with Crippen molar-refractivity contribution in [3.05, 3.63) is 35.6 Å². The first-order chi connectivity index (χ1) is 7.45. The molecule has 0 fully saturated rings. The Morgan fingerprint density at radius 3 is 2.69 bits per heavy atom. The van der Waals surface area contributed by atoms with E-state index in [1.165, 1.54) is 12.1 Å². The minimum absolute atomic E-state index is 0.223. The molecule has 2 heteroatoms. The van der Waals surface area contributed by atoms with E-state index in [4.69, 9.17) is 0 Å². The van der Waals surface area contributed by atoms with Crippen LogP contribution in [0, 0.1) is 11.7 Å². The second kappa shape index (κ2) is 5.44. The molecule has 1 rings (SSSR count). The van der Waals surface area contributed by atoms with E-state index < -0.39 is 5.60 Å². The first-order valence-electron chi connectivity index (χ1n) is 5.92. The van der Waals surface area contributed by atoms with Gasteiger partial charge >= 0.3 is 0 Å². The van der Waals surface area contributed by atoms with Crippen LogP contribution >= 0.6 is 0 Å². The zero-order valence-corrected chi connectivity index (χ0v) is 10.3. The van der Waals surface area contributed by atoms with Crippen molar-refractivity contribution >= 4 is 0 Å². The van der Waals surface area contributed by atoms with Crippen molar-refractivity contribution in [2.45, 2.75) is 45.6 Å². The first-order valence-corrected chi connectivity index (χ1v) is 5.92. The number of rotatable bonds is 5. The van der Waals surface area contributed by atoms with Gasteiger partial charge in [-0.2, -0.15) is 0 Å². The summed E-state index contributed by atoms with van der Waals surface area (Å²) >= 11 is 0. The van der Waals surface area contributed by atoms with Crippen molar-refractivity contribution in [3.8, 4) is 0 Å². The molecule has 0 amide bonds. The van der Waals surface area contributed by atoms with Crippen LogP contribution in [-0.4, -0.2) is 10.7 Å². The lowest BCUT2D eigenvalue weighted by molar-refractivity contribution is 0.00295. The lowest BCUT2D eigenvalue weighted by Gasteiger charge is -2.30. The van der Waals surface area contributed by atoms with Crippen molar-refractivity contribution in [2.24, 2.45) is 5.92 Å². The fourth-order valence-corrected chi connectivity index (χ4v) is 1.98. The van der Waals surface area contributed by atoms with Gasteiger partial charge in [-0.25, -0.2) is 4.39 Å². The van der Waals surface area contributed by atoms with Crippen molar-refractivity contribution in [1.29, 1.82) is 0 Å². The van der Waals surface area contributed by atoms with Crippen molar-refractivity contribution in [3.63, 3.8) is 0 Å². The lowest BCUT2D eigenvalue weighted by atomic mass is 9.82. The molecule has 16 heavy (non-hydrogen) atoms. The molecule has 1 aromatic carbocycles. The monoisotopic (exact) mass is 224 g/mol. The zero-order chi connectivity index (χ0) is 12.2. The molecule has 0 radical (unpaired) electrons. The summed E-state index contributed by atoms with van der Waals surface area (Å²) in [5.74, 6) is -0.0165. The van der Waals surface area contributed by atoms with E-state index in [-0.39, 0.29) is 11.7 Å². The van der Waals surface area contributed by atoms with Crippen LogP contribution in [-0.2, 0) is 6.42 Å². The van der Waals surface area contributed by atoms with Gasteiger partial charge in [0.2, 0.25) is 0 Å². The Morgan fingerprint density at radius 2 is 2.12 bits per heavy atom. The van der Waals surface area contributed by atoms with Gasteiger partial charge in [-0.3, -0.25) is 0 Å². The minimum atomic E-state index is -0.760. The van der Waals surface area contributed by atoms with Gasteiger partial charge in [0, 0.05) is 6.42 Å². The molecule has 1 aromatic rings. The van der Waals surface area contributed by atoms with Gasteiger partial charge in [-0.15, -0.1) is 0 Å². The normalized spacial score (nSPS) is 16.8. The SMILES string of the molecule is CCCC(C)C(C)(O)Cc1cccc(F)c1. The van der Waals surface area contributed by atoms with Crippen LogP contribution in [0.15, 0.2) is 24.3 Å². The Labute approximate surface area is 97.3 Å². The lowest BCUT2D eigenvalue weighted by Crippen LogP contribution is -2.35. The Hall–Kier alpha value is -0.890. The van der Waals surface area contributed by atoms with E-state index in [0.29, 0.717) is 6.42 Å². The molecule has 0 aliphatic carbocycles. The van der Waals surface area contributed by atoms with Gasteiger partial charge in [0.25, 0.3) is 0 Å². The second-order valence-electron chi connectivity index (χ2n) is 4.85. The molecule has 1 nitrogen and oxygen atoms in total. The van der Waals surface area contributed by atoms with Gasteiger partial charge in [0.1, 0.15) is 5.82 Å². The molecule has 0 heterocycles. The zero-order valence-electron chi connectivity index (χ0n) is 10.3. The molecule has 0 aromatic heterocycles. The van der Waals surface area contributed by atoms with Crippen LogP contribution in [0.25, 0.3) is 0 Å². The number of hydrogen-bond acceptors (Lipinski definition) is 1. The Morgan fingerprint density at radius 1 is 1.44 bits per heavy atom. The maximum absolute atomic E-state index is 13.0. The third-order valence-corrected chi connectivity index (χ3v) is 3.23. The fraction of sp³-hybridized carbons (Fsp3) is 0.571. The van der Waals surface area contributed by atoms with E-state index in [2.05, 4.69) is 6.92 Å². The van der Waals surface area contributed by atoms with Crippen LogP contribution < -0.4 is 0 Å². The largest absolute Gasteiger partial charge is 0.390 e. The molecule has 0 aliphatic rings. The molecule has 1 N–H and O–H groups in total. The van der Waals surface area contributed by atoms with Crippen molar-refractivity contribution in [1.82, 2.24) is 0 Å². The molecule has 0 bridgehead atoms. The smallest absolute Gasteiger partial charge is 0.123 e. The standard InChI is InChI=1S/C14H21FO/c1-4-6-11(2)14(3,16)10-12-7-5-8-13(15)9-12/h5,7-9,11,16H,4,6,10H2,1-3H3. The highest BCUT2D eigenvalue weighted by Crippen LogP contribution is 2.25. The number of halogens is 1. The van der Waals surface area contributed by atoms with Crippen LogP contribution in [0.5, 0.6) is 0 Å². The highest BCUT2D eigenvalue weighted by Gasteiger charge is 2.27. The Kier molecular flexibility index (Phi) is 4.48. The summed E-state index contributed by atoms with van der Waals surface area (Å²) in [5.41, 5.74) is 0.0945. The maximum atomic E-state index is 13.0. The molecule has 90 valence electrons. The van der Waals surface area contributed by atoms with Gasteiger partial charge in [-0.1, -0.05) is 32.4 Å². The summed E-state index contributed by atoms with van der Waals surface area (Å²) in [4.78, 5) is 0. The quantitative estimate of drug-likeness (QED) is 0.811. The summed E-state index contributed by atoms with van der Waals surface area (Å²) in [6, 6.07) is 6.46. The van der Waals surface area contributed by atoms with E-state index in [1.807, 2.05) is 19.9 Å². The molecule has 0 spiro atoms. The van der Waals surface area contributed by atoms with Gasteiger partial charge in [0.05, 0.1) is 5.60 Å². The highest BCUT2D eigenvalue weighted by molar-refractivity contribution is 5.18. The number of hydrogen-bond donors (Lipinski definition) is 1. The second-order valence-corrected chi connectivity index (χ2v) is 4.85. The molecule has 2 atom stereocenters. The molecule has 0 saturated carbocycles. The summed E-state index contributed by atoms with van der Waals surface area (Å²) in [5, 5.41) is 10.3. The van der Waals surface area contributed by atoms with Crippen LogP contribution in [0.4, 0.5) is 4.39 Å². The van der Waals surface area contributed by atoms with Crippen LogP contribution in [0.3, 0.4) is 0 Å². The number of benzene rings is 1. The van der Waals surface area contributed by atoms with Gasteiger partial charge in [-0.05, 0) is 37.0 Å². The third-order valence-electron chi connectivity index (χ3n) is 3.23. The average Bonchev–Trinajstić information content (AvgIpc) is 2.17. The van der Waals surface area contributed by atoms with E-state index in [0.717, 1.165) is 18.4 Å². The van der Waals surface area contributed by atoms with Crippen LogP contribution in [0.1, 0.15) is 39.2 Å². The van der Waals surface area contributed by atoms with Gasteiger partial charge in [0.15, 0.2) is 0 Å². The Balaban J connectivity index is 2.71. The molecule has 0 aliphatic heterocycles. The predicted molar refractivity (Wildman–Crippen MR) is 64.8 cm³/mol. The molecular formula is C14H21FO. The predicted octanol–water partition coefficient (Wildman–Crippen LogP) is 3.56. The molecular weight excluding hydrogens is 203 g/mol. The highest BCUT2D eigenvalue weighted by atomic mass is 19.1. The third kappa shape index (κ3) is 3.60. The van der Waals surface area contributed by atoms with Crippen molar-refractivity contribution < 1.29 is 9.50 Å². The number of aliphatic hydroxyl groups is 1. The van der Waals surface area contributed by atoms with E-state index in [1.54, 1.807) is 6.07 Å². The summed E-state index contributed by atoms with van der Waals surface area (Å²) in [6.45, 7) is 5.98. The van der Waals surface area contributed by atoms with Gasteiger partial charge < -0.3 is 5.11 Å². The fourth-order valence-electron chi connectivity index (χ4n) is 1.98. The first kappa shape index (κ1) is 13.2. The maximum Gasteiger partial charge on any atom is 0.123 e. The molecule has 2 unspecified atom stereocenters. The minimum Gasteiger partial charge on any atom is -0.390 e.